The number of carbonyl (C=O) groups excluding carboxylic acids is 6. The van der Waals surface area contributed by atoms with E-state index in [4.69, 9.17) is 49.2 Å². The maximum Gasteiger partial charge on any atom is 0.442 e. The lowest BCUT2D eigenvalue weighted by Gasteiger charge is -2.35. The van der Waals surface area contributed by atoms with E-state index in [0.29, 0.717) is 88.3 Å². The highest BCUT2D eigenvalue weighted by Crippen LogP contribution is 2.52. The fourth-order valence-electron chi connectivity index (χ4n) is 14.2. The van der Waals surface area contributed by atoms with Crippen molar-refractivity contribution in [2.45, 2.75) is 225 Å². The predicted molar refractivity (Wildman–Crippen MR) is 570 cm³/mol. The third kappa shape index (κ3) is 42.7. The molecule has 1 saturated heterocycles. The number of anilines is 1. The fraction of sp³-hybridized carbons (Fsp3) is 0.398. The number of rotatable bonds is 35. The van der Waals surface area contributed by atoms with E-state index < -0.39 is 23.6 Å². The van der Waals surface area contributed by atoms with Crippen LogP contribution in [0, 0.1) is 85.9 Å². The molecular weight excluding hydrogens is 1920 g/mol. The number of ketones is 5. The molecule has 0 saturated carbocycles. The van der Waals surface area contributed by atoms with Gasteiger partial charge in [-0.05, 0) is 198 Å². The van der Waals surface area contributed by atoms with E-state index in [9.17, 15) is 46.3 Å². The number of hydroxylamine groups is 1. The van der Waals surface area contributed by atoms with Gasteiger partial charge in [0.05, 0.1) is 40.1 Å². The van der Waals surface area contributed by atoms with Crippen molar-refractivity contribution in [1.29, 1.82) is 0 Å². The summed E-state index contributed by atoms with van der Waals surface area (Å²) in [5, 5.41) is 42.9. The molecule has 2 aromatic heterocycles. The molecule has 0 atom stereocenters. The summed E-state index contributed by atoms with van der Waals surface area (Å²) < 4.78 is 56.6. The Labute approximate surface area is 863 Å². The number of ether oxygens (including phenoxy) is 1. The molecule has 2 N–H and O–H groups in total. The first-order valence-electron chi connectivity index (χ1n) is 48.1. The Morgan fingerprint density at radius 2 is 1.13 bits per heavy atom. The molecule has 3 aliphatic heterocycles. The second-order valence-corrected chi connectivity index (χ2v) is 37.8. The van der Waals surface area contributed by atoms with Gasteiger partial charge in [-0.25, -0.2) is 24.8 Å². The van der Waals surface area contributed by atoms with Gasteiger partial charge >= 0.3 is 11.8 Å². The first-order valence-corrected chi connectivity index (χ1v) is 49.3. The summed E-state index contributed by atoms with van der Waals surface area (Å²) in [6.45, 7) is 37.4. The minimum absolute atomic E-state index is 0.0113. The van der Waals surface area contributed by atoms with Crippen LogP contribution in [0.3, 0.4) is 0 Å². The number of thiazole rings is 1. The molecule has 9 aromatic carbocycles. The van der Waals surface area contributed by atoms with Gasteiger partial charge < -0.3 is 9.64 Å². The third-order valence-electron chi connectivity index (χ3n) is 22.8. The molecule has 774 valence electrons. The number of nitrogens with zero attached hydrogens (tertiary/aromatic N) is 24. The van der Waals surface area contributed by atoms with Crippen LogP contribution in [0.15, 0.2) is 240 Å². The number of amides is 1. The van der Waals surface area contributed by atoms with Crippen LogP contribution in [-0.2, 0) is 44.1 Å². The van der Waals surface area contributed by atoms with Crippen LogP contribution >= 0.6 is 22.9 Å². The van der Waals surface area contributed by atoms with Crippen LogP contribution in [0.4, 0.5) is 51.8 Å². The Morgan fingerprint density at radius 1 is 0.558 bits per heavy atom. The standard InChI is InChI=1S/C27H32ClN5O2S.C20H26O2.C17H23NO4.C9H7F3N2.2C8H9N3.C7H5FN6.C7H7N3.C5H10N2/c1-17(2)24(35)16-32-8-10-33(11-9-32)26-12-20(30-19(4)31-26)13-27-29-15-25(36-27)23(34)14-21-18(3)6-5-7-22(21)28;1-16(2)19(21)13-5-3-4-8-15-22-20-14-9-11-17-10-6-7-12-18(17)20;1-12(2)17(21)14-9-7-13(8-10-14)11-15(19)5-3-4-6-16(20)18-22;1-6-2-4-7(5-3-6)8(13-14-8)9(10,11)12;1-6-3-4-8(10-11-9)7(2)5-6;1-6-3-4-7(2)8(5-6)10-11-9;1-4-2-5(8)7(12-14-10)6(3-4)11-13-9;1-6-2-4-7(5-3-6)9-10-8;1-3-4-5(2)6-7-5/h5-7,12,15,17H,8-11,13-14,16H2,1-4H3;6-7,9-12,14,16H,3-5,8,13,15H2,1-2H3;7-10,12,22H,3-6,11H2,1-2H3,(H,18,20);2-5H,1H3;2*3-5H,1-2H3;2-3H,1H3;2-5H,1H3;3-4H2,1-2H3. The number of aromatic nitrogens is 3. The Kier molecular flexibility index (Phi) is 50.9. The molecular formula is C108H128ClF4N25O8S. The van der Waals surface area contributed by atoms with E-state index in [2.05, 4.69) is 127 Å². The lowest BCUT2D eigenvalue weighted by molar-refractivity contribution is -0.166. The molecule has 0 unspecified atom stereocenters. The number of Topliss-reactive ketones (excluding diaryl/α,β-unsaturated/α-hetero) is 5. The quantitative estimate of drug-likeness (QED) is 0.00546. The number of azide groups is 5. The molecule has 1 amide bonds. The zero-order chi connectivity index (χ0) is 108. The van der Waals surface area contributed by atoms with Gasteiger partial charge in [0, 0.05) is 158 Å². The molecule has 0 aliphatic carbocycles. The second-order valence-electron chi connectivity index (χ2n) is 36.2. The average Bonchev–Trinajstić information content (AvgIpc) is 1.58. The van der Waals surface area contributed by atoms with E-state index in [1.807, 2.05) is 206 Å². The Hall–Kier alpha value is -15.0. The smallest absolute Gasteiger partial charge is 0.442 e. The molecule has 147 heavy (non-hydrogen) atoms. The molecule has 0 radical (unpaired) electrons. The SMILES string of the molecule is CC(C)C(=O)CCCCCCOc1cccc2ccccc12.CC(C)C(=O)c1ccc(CC(=O)CCCCC(=O)NO)cc1.CCCC1(C)N=N1.Cc1cc(F)c(N=[N+]=[N-])c(N=[N+]=[N-])c1.Cc1ccc(C)c(N=[N+]=[N-])c1.Cc1ccc(C2(C(F)(F)F)N=N2)cc1.Cc1ccc(N=[N+]=[N-])c(C)c1.Cc1ccc(N=[N+]=[N-])cc1.Cc1nc(Cc2ncc(C(=O)Cc3c(C)cccc3Cl)s2)cc(N2CCN(CC(=O)C(C)C)CC2)n1. The Morgan fingerprint density at radius 3 is 1.71 bits per heavy atom. The van der Waals surface area contributed by atoms with Gasteiger partial charge in [-0.3, -0.25) is 38.9 Å². The number of hydrogen-bond acceptors (Lipinski definition) is 23. The van der Waals surface area contributed by atoms with Crippen LogP contribution in [-0.4, -0.2) is 111 Å². The van der Waals surface area contributed by atoms with E-state index in [-0.39, 0.29) is 76.3 Å². The van der Waals surface area contributed by atoms with Crippen LogP contribution in [0.25, 0.3) is 63.0 Å². The van der Waals surface area contributed by atoms with Crippen LogP contribution in [0.2, 0.25) is 5.02 Å². The summed E-state index contributed by atoms with van der Waals surface area (Å²) in [7, 11) is 0. The van der Waals surface area contributed by atoms with Crippen LogP contribution in [0.5, 0.6) is 5.75 Å². The number of benzene rings is 9. The largest absolute Gasteiger partial charge is 0.493 e. The number of halogens is 5. The summed E-state index contributed by atoms with van der Waals surface area (Å²) in [4.78, 5) is 103. The van der Waals surface area contributed by atoms with Crippen molar-refractivity contribution in [2.24, 2.45) is 63.8 Å². The maximum absolute atomic E-state index is 13.2. The van der Waals surface area contributed by atoms with Crippen molar-refractivity contribution in [3.63, 3.8) is 0 Å². The van der Waals surface area contributed by atoms with E-state index in [1.54, 1.807) is 55.0 Å². The first kappa shape index (κ1) is 121. The number of piperazine rings is 1. The maximum atomic E-state index is 13.2. The van der Waals surface area contributed by atoms with E-state index >= 15 is 0 Å². The number of aryl methyl sites for hydroxylation is 9. The number of carbonyl (C=O) groups is 6. The van der Waals surface area contributed by atoms with Gasteiger partial charge in [-0.2, -0.15) is 23.4 Å². The van der Waals surface area contributed by atoms with Gasteiger partial charge in [0.1, 0.15) is 40.6 Å². The van der Waals surface area contributed by atoms with Crippen molar-refractivity contribution in [3.05, 3.63) is 345 Å². The lowest BCUT2D eigenvalue weighted by atomic mass is 9.98. The fourth-order valence-corrected chi connectivity index (χ4v) is 15.4. The van der Waals surface area contributed by atoms with Gasteiger partial charge in [0.15, 0.2) is 17.2 Å². The molecule has 11 aromatic rings. The zero-order valence-electron chi connectivity index (χ0n) is 86.2. The summed E-state index contributed by atoms with van der Waals surface area (Å²) in [5.41, 5.74) is 53.3. The molecule has 5 heterocycles. The monoisotopic (exact) mass is 2050 g/mol. The molecule has 0 bridgehead atoms. The van der Waals surface area contributed by atoms with Crippen LogP contribution < -0.4 is 15.1 Å². The number of nitrogens with one attached hydrogen (secondary N) is 1. The molecule has 33 nitrogen and oxygen atoms in total. The highest BCUT2D eigenvalue weighted by molar-refractivity contribution is 7.13. The summed E-state index contributed by atoms with van der Waals surface area (Å²) in [5.74, 6) is 2.53. The average molecular weight is 2050 g/mol. The normalized spacial score (nSPS) is 12.3. The second kappa shape index (κ2) is 62.0. The number of alkyl halides is 3. The lowest BCUT2D eigenvalue weighted by Crippen LogP contribution is -2.48. The number of hydrogen-bond donors (Lipinski definition) is 2. The third-order valence-corrected chi connectivity index (χ3v) is 24.2. The van der Waals surface area contributed by atoms with Gasteiger partial charge in [-0.15, -0.1) is 21.6 Å². The highest BCUT2D eigenvalue weighted by atomic mass is 35.5. The van der Waals surface area contributed by atoms with Crippen molar-refractivity contribution in [1.82, 2.24) is 25.3 Å². The Balaban J connectivity index is 0.000000264. The molecule has 3 aliphatic rings. The van der Waals surface area contributed by atoms with Crippen molar-refractivity contribution in [3.8, 4) is 5.75 Å². The summed E-state index contributed by atoms with van der Waals surface area (Å²) in [6, 6.07) is 56.9. The van der Waals surface area contributed by atoms with Gasteiger partial charge in [0.2, 0.25) is 5.91 Å². The van der Waals surface area contributed by atoms with E-state index in [0.717, 1.165) is 138 Å². The predicted octanol–water partition coefficient (Wildman–Crippen LogP) is 31.3. The number of unbranched alkanes of at least 4 members (excludes halogenated alkanes) is 4. The van der Waals surface area contributed by atoms with Crippen LogP contribution in [0.1, 0.15) is 224 Å². The summed E-state index contributed by atoms with van der Waals surface area (Å²) >= 11 is 7.72. The summed E-state index contributed by atoms with van der Waals surface area (Å²) in [6.07, 6.45) is 7.49. The molecule has 0 spiro atoms. The van der Waals surface area contributed by atoms with Gasteiger partial charge in [-0.1, -0.05) is 279 Å². The molecule has 39 heteroatoms. The molecule has 1 fully saturated rings. The van der Waals surface area contributed by atoms with Crippen molar-refractivity contribution >= 4 is 103 Å². The topological polar surface area (TPSA) is 482 Å². The van der Waals surface area contributed by atoms with Gasteiger partial charge in [0.25, 0.3) is 0 Å². The minimum Gasteiger partial charge on any atom is -0.493 e. The Bertz CT molecular complexity index is 6520. The zero-order valence-corrected chi connectivity index (χ0v) is 87.8. The number of fused-ring (bicyclic) bond motifs is 1. The molecule has 14 rings (SSSR count). The van der Waals surface area contributed by atoms with Crippen molar-refractivity contribution in [2.75, 3.05) is 44.2 Å². The van der Waals surface area contributed by atoms with Crippen molar-refractivity contribution < 1.29 is 56.3 Å². The highest BCUT2D eigenvalue weighted by Gasteiger charge is 2.65. The first-order chi connectivity index (χ1) is 70.0. The van der Waals surface area contributed by atoms with E-state index in [1.165, 1.54) is 58.4 Å². The minimum atomic E-state index is -4.43.